The van der Waals surface area contributed by atoms with E-state index in [2.05, 4.69) is 22.3 Å². The van der Waals surface area contributed by atoms with Gasteiger partial charge in [0.1, 0.15) is 5.82 Å². The normalized spacial score (nSPS) is 21.4. The maximum atomic E-state index is 4.41. The third-order valence-electron chi connectivity index (χ3n) is 2.63. The fourth-order valence-electron chi connectivity index (χ4n) is 1.97. The smallest absolute Gasteiger partial charge is 0.212 e. The van der Waals surface area contributed by atoms with Crippen LogP contribution in [-0.2, 0) is 6.42 Å². The van der Waals surface area contributed by atoms with Crippen LogP contribution in [0.15, 0.2) is 0 Å². The molecule has 1 aliphatic heterocycles. The standard InChI is InChI=1S/C9H12N4S/c1-5-8-7(3-4-10-5)13-9(14-8)11-6(2)12-13/h5,10H,3-4H2,1-2H3. The Bertz CT molecular complexity index is 484. The van der Waals surface area contributed by atoms with Gasteiger partial charge in [-0.3, -0.25) is 0 Å². The molecule has 0 bridgehead atoms. The molecular formula is C9H12N4S. The molecule has 1 N–H and O–H groups in total. The molecule has 5 heteroatoms. The molecule has 0 amide bonds. The van der Waals surface area contributed by atoms with Gasteiger partial charge in [-0.2, -0.15) is 5.10 Å². The average molecular weight is 208 g/mol. The Labute approximate surface area is 86.0 Å². The van der Waals surface area contributed by atoms with Gasteiger partial charge in [0, 0.05) is 23.9 Å². The number of aromatic nitrogens is 3. The van der Waals surface area contributed by atoms with Crippen molar-refractivity contribution in [3.8, 4) is 0 Å². The molecule has 1 unspecified atom stereocenters. The summed E-state index contributed by atoms with van der Waals surface area (Å²) in [6.07, 6.45) is 1.06. The highest BCUT2D eigenvalue weighted by atomic mass is 32.1. The van der Waals surface area contributed by atoms with Crippen molar-refractivity contribution in [1.82, 2.24) is 19.9 Å². The van der Waals surface area contributed by atoms with Crippen LogP contribution in [0.4, 0.5) is 0 Å². The van der Waals surface area contributed by atoms with Crippen LogP contribution in [0.25, 0.3) is 4.96 Å². The minimum Gasteiger partial charge on any atom is -0.309 e. The lowest BCUT2D eigenvalue weighted by Crippen LogP contribution is -2.27. The quantitative estimate of drug-likeness (QED) is 0.709. The van der Waals surface area contributed by atoms with Crippen molar-refractivity contribution in [2.45, 2.75) is 26.3 Å². The molecule has 0 saturated heterocycles. The second-order valence-electron chi connectivity index (χ2n) is 3.69. The highest BCUT2D eigenvalue weighted by Crippen LogP contribution is 2.30. The zero-order chi connectivity index (χ0) is 9.71. The molecule has 4 nitrogen and oxygen atoms in total. The van der Waals surface area contributed by atoms with E-state index in [1.165, 1.54) is 10.6 Å². The van der Waals surface area contributed by atoms with Crippen molar-refractivity contribution in [2.24, 2.45) is 0 Å². The summed E-state index contributed by atoms with van der Waals surface area (Å²) < 4.78 is 2.01. The van der Waals surface area contributed by atoms with Crippen LogP contribution in [0.2, 0.25) is 0 Å². The highest BCUT2D eigenvalue weighted by Gasteiger charge is 2.22. The van der Waals surface area contributed by atoms with Crippen LogP contribution in [0, 0.1) is 6.92 Å². The Kier molecular flexibility index (Phi) is 1.66. The fraction of sp³-hybridized carbons (Fsp3) is 0.556. The summed E-state index contributed by atoms with van der Waals surface area (Å²) >= 11 is 1.76. The summed E-state index contributed by atoms with van der Waals surface area (Å²) in [4.78, 5) is 6.82. The molecule has 1 atom stereocenters. The molecule has 2 aromatic rings. The highest BCUT2D eigenvalue weighted by molar-refractivity contribution is 7.17. The lowest BCUT2D eigenvalue weighted by molar-refractivity contribution is 0.537. The zero-order valence-corrected chi connectivity index (χ0v) is 9.06. The minimum atomic E-state index is 0.451. The molecular weight excluding hydrogens is 196 g/mol. The third-order valence-corrected chi connectivity index (χ3v) is 3.89. The zero-order valence-electron chi connectivity index (χ0n) is 8.24. The number of fused-ring (bicyclic) bond motifs is 3. The van der Waals surface area contributed by atoms with Crippen LogP contribution in [-0.4, -0.2) is 21.1 Å². The van der Waals surface area contributed by atoms with Gasteiger partial charge in [0.2, 0.25) is 4.96 Å². The SMILES string of the molecule is Cc1nc2sc3c(n2n1)CCNC3C. The maximum absolute atomic E-state index is 4.41. The Morgan fingerprint density at radius 1 is 1.57 bits per heavy atom. The van der Waals surface area contributed by atoms with E-state index >= 15 is 0 Å². The van der Waals surface area contributed by atoms with Crippen molar-refractivity contribution in [1.29, 1.82) is 0 Å². The Morgan fingerprint density at radius 3 is 3.29 bits per heavy atom. The van der Waals surface area contributed by atoms with E-state index in [0.717, 1.165) is 23.8 Å². The van der Waals surface area contributed by atoms with Crippen LogP contribution in [0.3, 0.4) is 0 Å². The summed E-state index contributed by atoms with van der Waals surface area (Å²) in [6, 6.07) is 0.451. The number of aryl methyl sites for hydroxylation is 1. The number of hydrogen-bond acceptors (Lipinski definition) is 4. The summed E-state index contributed by atoms with van der Waals surface area (Å²) in [7, 11) is 0. The lowest BCUT2D eigenvalue weighted by atomic mass is 10.1. The molecule has 0 aliphatic carbocycles. The molecule has 0 fully saturated rings. The van der Waals surface area contributed by atoms with Gasteiger partial charge in [0.05, 0.1) is 5.69 Å². The summed E-state index contributed by atoms with van der Waals surface area (Å²) in [6.45, 7) is 5.18. The minimum absolute atomic E-state index is 0.451. The monoisotopic (exact) mass is 208 g/mol. The predicted molar refractivity (Wildman–Crippen MR) is 55.7 cm³/mol. The summed E-state index contributed by atoms with van der Waals surface area (Å²) in [5.41, 5.74) is 1.34. The molecule has 1 aliphatic rings. The van der Waals surface area contributed by atoms with E-state index in [-0.39, 0.29) is 0 Å². The van der Waals surface area contributed by atoms with Crippen molar-refractivity contribution in [2.75, 3.05) is 6.54 Å². The van der Waals surface area contributed by atoms with Crippen LogP contribution >= 0.6 is 11.3 Å². The van der Waals surface area contributed by atoms with Gasteiger partial charge in [0.15, 0.2) is 0 Å². The molecule has 0 aromatic carbocycles. The first-order valence-corrected chi connectivity index (χ1v) is 5.65. The first-order valence-electron chi connectivity index (χ1n) is 4.84. The number of nitrogens with zero attached hydrogens (tertiary/aromatic N) is 3. The van der Waals surface area contributed by atoms with E-state index in [1.807, 2.05) is 11.4 Å². The maximum Gasteiger partial charge on any atom is 0.212 e. The van der Waals surface area contributed by atoms with Gasteiger partial charge in [-0.1, -0.05) is 11.3 Å². The second kappa shape index (κ2) is 2.77. The first kappa shape index (κ1) is 8.38. The average Bonchev–Trinajstić information content (AvgIpc) is 2.63. The van der Waals surface area contributed by atoms with E-state index in [1.54, 1.807) is 11.3 Å². The first-order chi connectivity index (χ1) is 6.75. The summed E-state index contributed by atoms with van der Waals surface area (Å²) in [5, 5.41) is 7.85. The fourth-order valence-corrected chi connectivity index (χ4v) is 3.14. The van der Waals surface area contributed by atoms with E-state index < -0.39 is 0 Å². The number of thiazole rings is 1. The van der Waals surface area contributed by atoms with Crippen LogP contribution in [0.1, 0.15) is 29.4 Å². The number of rotatable bonds is 0. The molecule has 74 valence electrons. The van der Waals surface area contributed by atoms with E-state index in [9.17, 15) is 0 Å². The van der Waals surface area contributed by atoms with Crippen molar-refractivity contribution in [3.63, 3.8) is 0 Å². The van der Waals surface area contributed by atoms with E-state index in [4.69, 9.17) is 0 Å². The molecule has 3 rings (SSSR count). The van der Waals surface area contributed by atoms with Gasteiger partial charge < -0.3 is 5.32 Å². The van der Waals surface area contributed by atoms with Crippen molar-refractivity contribution >= 4 is 16.3 Å². The number of hydrogen-bond donors (Lipinski definition) is 1. The molecule has 0 radical (unpaired) electrons. The van der Waals surface area contributed by atoms with Crippen LogP contribution in [0.5, 0.6) is 0 Å². The van der Waals surface area contributed by atoms with Crippen LogP contribution < -0.4 is 5.32 Å². The Balaban J connectivity index is 2.29. The molecule has 0 saturated carbocycles. The Hall–Kier alpha value is -0.940. The van der Waals surface area contributed by atoms with Gasteiger partial charge in [-0.05, 0) is 13.8 Å². The predicted octanol–water partition coefficient (Wildman–Crippen LogP) is 1.31. The van der Waals surface area contributed by atoms with Gasteiger partial charge in [0.25, 0.3) is 0 Å². The Morgan fingerprint density at radius 2 is 2.43 bits per heavy atom. The number of nitrogens with one attached hydrogen (secondary N) is 1. The molecule has 3 heterocycles. The third kappa shape index (κ3) is 1.02. The second-order valence-corrected chi connectivity index (χ2v) is 4.70. The largest absolute Gasteiger partial charge is 0.309 e. The van der Waals surface area contributed by atoms with Gasteiger partial charge >= 0.3 is 0 Å². The molecule has 0 spiro atoms. The van der Waals surface area contributed by atoms with Crippen molar-refractivity contribution < 1.29 is 0 Å². The topological polar surface area (TPSA) is 42.2 Å². The summed E-state index contributed by atoms with van der Waals surface area (Å²) in [5.74, 6) is 0.866. The van der Waals surface area contributed by atoms with Crippen molar-refractivity contribution in [3.05, 3.63) is 16.4 Å². The molecule has 2 aromatic heterocycles. The van der Waals surface area contributed by atoms with E-state index in [0.29, 0.717) is 6.04 Å². The van der Waals surface area contributed by atoms with Gasteiger partial charge in [-0.25, -0.2) is 9.50 Å². The molecule has 14 heavy (non-hydrogen) atoms. The van der Waals surface area contributed by atoms with Gasteiger partial charge in [-0.15, -0.1) is 0 Å². The lowest BCUT2D eigenvalue weighted by Gasteiger charge is -2.19.